The number of hydrogen-bond donors (Lipinski definition) is 2. The molecule has 3 N–H and O–H groups in total. The van der Waals surface area contributed by atoms with Crippen LogP contribution < -0.4 is 15.8 Å². The molecular weight excluding hydrogens is 263 g/mol. The minimum Gasteiger partial charge on any atom is -0.490 e. The number of amides is 1. The van der Waals surface area contributed by atoms with Crippen LogP contribution in [0.15, 0.2) is 18.2 Å². The van der Waals surface area contributed by atoms with Crippen molar-refractivity contribution >= 4 is 11.8 Å². The van der Waals surface area contributed by atoms with Gasteiger partial charge in [0.05, 0.1) is 6.61 Å². The van der Waals surface area contributed by atoms with E-state index in [4.69, 9.17) is 15.2 Å². The maximum Gasteiger partial charge on any atom is 0.412 e. The molecular formula is C14H21FN2O3. The summed E-state index contributed by atoms with van der Waals surface area (Å²) in [5.41, 5.74) is 5.15. The molecule has 0 heterocycles. The van der Waals surface area contributed by atoms with E-state index in [1.165, 1.54) is 18.2 Å². The Labute approximate surface area is 118 Å². The van der Waals surface area contributed by atoms with Gasteiger partial charge in [-0.3, -0.25) is 5.32 Å². The molecule has 112 valence electrons. The summed E-state index contributed by atoms with van der Waals surface area (Å²) in [5.74, 6) is -0.413. The van der Waals surface area contributed by atoms with Gasteiger partial charge in [0.1, 0.15) is 5.60 Å². The quantitative estimate of drug-likeness (QED) is 0.815. The van der Waals surface area contributed by atoms with E-state index in [1.54, 1.807) is 20.8 Å². The Morgan fingerprint density at radius 3 is 2.70 bits per heavy atom. The van der Waals surface area contributed by atoms with E-state index in [0.29, 0.717) is 25.3 Å². The third-order valence-electron chi connectivity index (χ3n) is 2.18. The second-order valence-electron chi connectivity index (χ2n) is 5.26. The number of ether oxygens (including phenoxy) is 2. The van der Waals surface area contributed by atoms with E-state index in [2.05, 4.69) is 5.32 Å². The fourth-order valence-electron chi connectivity index (χ4n) is 1.38. The average molecular weight is 284 g/mol. The van der Waals surface area contributed by atoms with Crippen molar-refractivity contribution in [3.8, 4) is 5.75 Å². The highest BCUT2D eigenvalue weighted by Gasteiger charge is 2.16. The molecule has 0 unspecified atom stereocenters. The number of halogens is 1. The summed E-state index contributed by atoms with van der Waals surface area (Å²) in [7, 11) is 0. The normalized spacial score (nSPS) is 11.1. The molecule has 0 fully saturated rings. The third kappa shape index (κ3) is 5.88. The van der Waals surface area contributed by atoms with Crippen molar-refractivity contribution in [2.75, 3.05) is 18.5 Å². The lowest BCUT2D eigenvalue weighted by Gasteiger charge is -2.19. The van der Waals surface area contributed by atoms with Crippen LogP contribution in [0, 0.1) is 5.82 Å². The lowest BCUT2D eigenvalue weighted by Crippen LogP contribution is -2.27. The highest BCUT2D eigenvalue weighted by Crippen LogP contribution is 2.22. The van der Waals surface area contributed by atoms with Crippen LogP contribution in [0.1, 0.15) is 27.2 Å². The molecule has 1 aromatic carbocycles. The van der Waals surface area contributed by atoms with Crippen LogP contribution in [0.4, 0.5) is 14.9 Å². The second kappa shape index (κ2) is 7.09. The van der Waals surface area contributed by atoms with Gasteiger partial charge < -0.3 is 15.2 Å². The van der Waals surface area contributed by atoms with Gasteiger partial charge in [0.15, 0.2) is 11.6 Å². The number of rotatable bonds is 5. The Morgan fingerprint density at radius 2 is 2.10 bits per heavy atom. The van der Waals surface area contributed by atoms with Gasteiger partial charge in [0.2, 0.25) is 0 Å². The van der Waals surface area contributed by atoms with Crippen LogP contribution in [0.5, 0.6) is 5.75 Å². The number of carbonyl (C=O) groups excluding carboxylic acids is 1. The van der Waals surface area contributed by atoms with Gasteiger partial charge >= 0.3 is 6.09 Å². The first-order chi connectivity index (χ1) is 9.31. The summed E-state index contributed by atoms with van der Waals surface area (Å²) in [4.78, 5) is 11.6. The Morgan fingerprint density at radius 1 is 1.40 bits per heavy atom. The molecule has 6 heteroatoms. The van der Waals surface area contributed by atoms with Gasteiger partial charge in [0, 0.05) is 11.8 Å². The molecule has 0 radical (unpaired) electrons. The van der Waals surface area contributed by atoms with Crippen LogP contribution in [0.3, 0.4) is 0 Å². The molecule has 0 bridgehead atoms. The van der Waals surface area contributed by atoms with Crippen molar-refractivity contribution in [2.24, 2.45) is 5.73 Å². The maximum atomic E-state index is 13.5. The number of hydrogen-bond acceptors (Lipinski definition) is 4. The van der Waals surface area contributed by atoms with E-state index < -0.39 is 17.5 Å². The number of anilines is 1. The molecule has 0 aliphatic carbocycles. The van der Waals surface area contributed by atoms with Crippen LogP contribution >= 0.6 is 0 Å². The van der Waals surface area contributed by atoms with Crippen LogP contribution in [-0.4, -0.2) is 24.8 Å². The number of nitrogens with one attached hydrogen (secondary N) is 1. The van der Waals surface area contributed by atoms with Gasteiger partial charge in [-0.05, 0) is 45.9 Å². The largest absolute Gasteiger partial charge is 0.490 e. The summed E-state index contributed by atoms with van der Waals surface area (Å²) < 4.78 is 23.9. The van der Waals surface area contributed by atoms with E-state index in [1.807, 2.05) is 0 Å². The van der Waals surface area contributed by atoms with E-state index >= 15 is 0 Å². The Bertz CT molecular complexity index is 458. The molecule has 1 rings (SSSR count). The highest BCUT2D eigenvalue weighted by molar-refractivity contribution is 5.85. The monoisotopic (exact) mass is 284 g/mol. The lowest BCUT2D eigenvalue weighted by molar-refractivity contribution is 0.0636. The van der Waals surface area contributed by atoms with Crippen molar-refractivity contribution in [2.45, 2.75) is 32.8 Å². The molecule has 1 amide bonds. The summed E-state index contributed by atoms with van der Waals surface area (Å²) in [6.07, 6.45) is 0.0282. The molecule has 0 saturated heterocycles. The zero-order valence-corrected chi connectivity index (χ0v) is 12.0. The number of nitrogens with two attached hydrogens (primary N) is 1. The molecule has 0 aliphatic heterocycles. The Kier molecular flexibility index (Phi) is 5.76. The van der Waals surface area contributed by atoms with E-state index in [0.717, 1.165) is 0 Å². The lowest BCUT2D eigenvalue weighted by atomic mass is 10.2. The maximum absolute atomic E-state index is 13.5. The highest BCUT2D eigenvalue weighted by atomic mass is 19.1. The summed E-state index contributed by atoms with van der Waals surface area (Å²) in [6.45, 7) is 6.08. The molecule has 0 spiro atoms. The molecule has 0 atom stereocenters. The Hall–Kier alpha value is -1.82. The average Bonchev–Trinajstić information content (AvgIpc) is 2.31. The van der Waals surface area contributed by atoms with Gasteiger partial charge in [0.25, 0.3) is 0 Å². The van der Waals surface area contributed by atoms with E-state index in [9.17, 15) is 9.18 Å². The topological polar surface area (TPSA) is 73.6 Å². The minimum atomic E-state index is -0.600. The summed E-state index contributed by atoms with van der Waals surface area (Å²) in [6, 6.07) is 4.08. The van der Waals surface area contributed by atoms with Gasteiger partial charge in [-0.1, -0.05) is 0 Å². The molecule has 1 aromatic rings. The van der Waals surface area contributed by atoms with Crippen molar-refractivity contribution < 1.29 is 18.7 Å². The number of carbonyl (C=O) groups is 1. The van der Waals surface area contributed by atoms with Crippen molar-refractivity contribution in [1.82, 2.24) is 0 Å². The molecule has 5 nitrogen and oxygen atoms in total. The summed E-state index contributed by atoms with van der Waals surface area (Å²) in [5, 5.41) is 2.52. The SMILES string of the molecule is CC(C)(C)OC(=O)Nc1ccc(F)c(OCCCN)c1. The fourth-order valence-corrected chi connectivity index (χ4v) is 1.38. The van der Waals surface area contributed by atoms with Crippen LogP contribution in [0.25, 0.3) is 0 Å². The Balaban J connectivity index is 2.67. The molecule has 0 aromatic heterocycles. The van der Waals surface area contributed by atoms with Crippen molar-refractivity contribution in [3.05, 3.63) is 24.0 Å². The van der Waals surface area contributed by atoms with Gasteiger partial charge in [-0.25, -0.2) is 9.18 Å². The zero-order valence-electron chi connectivity index (χ0n) is 12.0. The molecule has 20 heavy (non-hydrogen) atoms. The van der Waals surface area contributed by atoms with Crippen molar-refractivity contribution in [1.29, 1.82) is 0 Å². The predicted molar refractivity (Wildman–Crippen MR) is 75.4 cm³/mol. The zero-order chi connectivity index (χ0) is 15.2. The first-order valence-electron chi connectivity index (χ1n) is 6.44. The first kappa shape index (κ1) is 16.2. The number of benzene rings is 1. The van der Waals surface area contributed by atoms with Crippen LogP contribution in [-0.2, 0) is 4.74 Å². The van der Waals surface area contributed by atoms with Gasteiger partial charge in [-0.2, -0.15) is 0 Å². The van der Waals surface area contributed by atoms with E-state index in [-0.39, 0.29) is 5.75 Å². The third-order valence-corrected chi connectivity index (χ3v) is 2.18. The predicted octanol–water partition coefficient (Wildman–Crippen LogP) is 2.90. The standard InChI is InChI=1S/C14H21FN2O3/c1-14(2,3)20-13(18)17-10-5-6-11(15)12(9-10)19-8-4-7-16/h5-6,9H,4,7-8,16H2,1-3H3,(H,17,18). The summed E-state index contributed by atoms with van der Waals surface area (Å²) >= 11 is 0. The molecule has 0 aliphatic rings. The van der Waals surface area contributed by atoms with Crippen molar-refractivity contribution in [3.63, 3.8) is 0 Å². The molecule has 0 saturated carbocycles. The second-order valence-corrected chi connectivity index (χ2v) is 5.26. The van der Waals surface area contributed by atoms with Gasteiger partial charge in [-0.15, -0.1) is 0 Å². The smallest absolute Gasteiger partial charge is 0.412 e. The first-order valence-corrected chi connectivity index (χ1v) is 6.44. The fraction of sp³-hybridized carbons (Fsp3) is 0.500. The minimum absolute atomic E-state index is 0.0759. The van der Waals surface area contributed by atoms with Crippen LogP contribution in [0.2, 0.25) is 0 Å².